The van der Waals surface area contributed by atoms with Crippen LogP contribution in [0.5, 0.6) is 11.6 Å². The van der Waals surface area contributed by atoms with Crippen LogP contribution in [0.25, 0.3) is 0 Å². The normalized spacial score (nSPS) is 10.2. The number of aromatic nitrogens is 2. The van der Waals surface area contributed by atoms with Crippen LogP contribution in [0.1, 0.15) is 0 Å². The summed E-state index contributed by atoms with van der Waals surface area (Å²) in [4.78, 5) is 7.96. The molecule has 5 nitrogen and oxygen atoms in total. The van der Waals surface area contributed by atoms with Crippen LogP contribution < -0.4 is 15.8 Å². The number of nitrogens with one attached hydrogen (secondary N) is 1. The molecule has 0 aliphatic heterocycles. The molecular weight excluding hydrogens is 320 g/mol. The smallest absolute Gasteiger partial charge is 0.226 e. The third-order valence-corrected chi connectivity index (χ3v) is 2.94. The second-order valence-corrected chi connectivity index (χ2v) is 4.67. The first-order chi connectivity index (χ1) is 8.58. The standard InChI is InChI=1S/C11H10BrClN4O/c1-15-9-5-10(17-11(14)16-9)18-8-3-2-6(13)4-7(8)12/h2-5H,1H3,(H3,14,15,16,17). The van der Waals surface area contributed by atoms with Crippen LogP contribution in [0.2, 0.25) is 5.02 Å². The molecule has 0 bridgehead atoms. The van der Waals surface area contributed by atoms with Crippen molar-refractivity contribution in [2.75, 3.05) is 18.1 Å². The van der Waals surface area contributed by atoms with E-state index in [1.54, 1.807) is 31.3 Å². The number of benzene rings is 1. The third-order valence-electron chi connectivity index (χ3n) is 2.08. The van der Waals surface area contributed by atoms with Crippen molar-refractivity contribution >= 4 is 39.3 Å². The molecule has 0 saturated carbocycles. The fourth-order valence-electron chi connectivity index (χ4n) is 1.29. The number of anilines is 2. The van der Waals surface area contributed by atoms with Crippen molar-refractivity contribution < 1.29 is 4.74 Å². The minimum Gasteiger partial charge on any atom is -0.438 e. The Morgan fingerprint density at radius 3 is 2.78 bits per heavy atom. The summed E-state index contributed by atoms with van der Waals surface area (Å²) in [5.74, 6) is 1.68. The molecule has 0 unspecified atom stereocenters. The maximum absolute atomic E-state index is 5.85. The number of hydrogen-bond donors (Lipinski definition) is 2. The van der Waals surface area contributed by atoms with E-state index in [1.807, 2.05) is 0 Å². The van der Waals surface area contributed by atoms with Gasteiger partial charge in [0.1, 0.15) is 11.6 Å². The summed E-state index contributed by atoms with van der Waals surface area (Å²) >= 11 is 9.21. The average molecular weight is 330 g/mol. The van der Waals surface area contributed by atoms with Gasteiger partial charge in [-0.05, 0) is 34.1 Å². The molecule has 1 aromatic heterocycles. The fourth-order valence-corrected chi connectivity index (χ4v) is 2.06. The topological polar surface area (TPSA) is 73.1 Å². The highest BCUT2D eigenvalue weighted by molar-refractivity contribution is 9.10. The Balaban J connectivity index is 2.30. The predicted octanol–water partition coefficient (Wildman–Crippen LogP) is 3.31. The van der Waals surface area contributed by atoms with Gasteiger partial charge in [-0.25, -0.2) is 0 Å². The molecule has 1 aromatic carbocycles. The summed E-state index contributed by atoms with van der Waals surface area (Å²) in [6.45, 7) is 0. The number of nitrogens with zero attached hydrogens (tertiary/aromatic N) is 2. The van der Waals surface area contributed by atoms with Crippen LogP contribution in [0.4, 0.5) is 11.8 Å². The lowest BCUT2D eigenvalue weighted by atomic mass is 10.3. The Morgan fingerprint density at radius 1 is 1.33 bits per heavy atom. The molecule has 94 valence electrons. The molecule has 0 aliphatic rings. The van der Waals surface area contributed by atoms with Crippen molar-refractivity contribution in [3.63, 3.8) is 0 Å². The van der Waals surface area contributed by atoms with Crippen LogP contribution in [0, 0.1) is 0 Å². The second-order valence-electron chi connectivity index (χ2n) is 3.38. The molecular formula is C11H10BrClN4O. The number of nitrogen functional groups attached to an aromatic ring is 1. The van der Waals surface area contributed by atoms with E-state index in [9.17, 15) is 0 Å². The Bertz CT molecular complexity index is 579. The minimum atomic E-state index is 0.141. The molecule has 3 N–H and O–H groups in total. The van der Waals surface area contributed by atoms with Gasteiger partial charge in [0.2, 0.25) is 11.8 Å². The van der Waals surface area contributed by atoms with Gasteiger partial charge in [0.05, 0.1) is 4.47 Å². The number of halogens is 2. The number of ether oxygens (including phenoxy) is 1. The van der Waals surface area contributed by atoms with Crippen LogP contribution in [-0.2, 0) is 0 Å². The highest BCUT2D eigenvalue weighted by atomic mass is 79.9. The zero-order chi connectivity index (χ0) is 13.1. The summed E-state index contributed by atoms with van der Waals surface area (Å²) in [6.07, 6.45) is 0. The molecule has 0 aliphatic carbocycles. The molecule has 0 atom stereocenters. The number of hydrogen-bond acceptors (Lipinski definition) is 5. The van der Waals surface area contributed by atoms with Crippen molar-refractivity contribution in [2.24, 2.45) is 0 Å². The fraction of sp³-hybridized carbons (Fsp3) is 0.0909. The Labute approximate surface area is 117 Å². The lowest BCUT2D eigenvalue weighted by Gasteiger charge is -2.08. The molecule has 0 radical (unpaired) electrons. The van der Waals surface area contributed by atoms with E-state index in [-0.39, 0.29) is 5.95 Å². The van der Waals surface area contributed by atoms with Gasteiger partial charge >= 0.3 is 0 Å². The van der Waals surface area contributed by atoms with E-state index >= 15 is 0 Å². The van der Waals surface area contributed by atoms with E-state index in [0.717, 1.165) is 4.47 Å². The second kappa shape index (κ2) is 5.41. The van der Waals surface area contributed by atoms with Crippen LogP contribution in [0.3, 0.4) is 0 Å². The van der Waals surface area contributed by atoms with Gasteiger partial charge in [-0.2, -0.15) is 9.97 Å². The molecule has 18 heavy (non-hydrogen) atoms. The molecule has 2 aromatic rings. The van der Waals surface area contributed by atoms with Crippen molar-refractivity contribution in [3.8, 4) is 11.6 Å². The van der Waals surface area contributed by atoms with Crippen LogP contribution >= 0.6 is 27.5 Å². The van der Waals surface area contributed by atoms with Gasteiger partial charge in [-0.3, -0.25) is 0 Å². The summed E-state index contributed by atoms with van der Waals surface area (Å²) in [5, 5.41) is 3.49. The van der Waals surface area contributed by atoms with Crippen LogP contribution in [-0.4, -0.2) is 17.0 Å². The summed E-state index contributed by atoms with van der Waals surface area (Å²) in [6, 6.07) is 6.85. The quantitative estimate of drug-likeness (QED) is 0.904. The number of nitrogens with two attached hydrogens (primary N) is 1. The van der Waals surface area contributed by atoms with Gasteiger partial charge in [-0.1, -0.05) is 11.6 Å². The van der Waals surface area contributed by atoms with E-state index in [1.165, 1.54) is 0 Å². The molecule has 0 amide bonds. The van der Waals surface area contributed by atoms with Gasteiger partial charge in [0.25, 0.3) is 0 Å². The first-order valence-electron chi connectivity index (χ1n) is 5.03. The maximum Gasteiger partial charge on any atom is 0.226 e. The predicted molar refractivity (Wildman–Crippen MR) is 75.2 cm³/mol. The van der Waals surface area contributed by atoms with Crippen molar-refractivity contribution in [1.29, 1.82) is 0 Å². The minimum absolute atomic E-state index is 0.141. The van der Waals surface area contributed by atoms with Gasteiger partial charge < -0.3 is 15.8 Å². The highest BCUT2D eigenvalue weighted by Gasteiger charge is 2.07. The maximum atomic E-state index is 5.85. The molecule has 2 rings (SSSR count). The lowest BCUT2D eigenvalue weighted by molar-refractivity contribution is 0.460. The van der Waals surface area contributed by atoms with Crippen molar-refractivity contribution in [1.82, 2.24) is 9.97 Å². The van der Waals surface area contributed by atoms with E-state index in [4.69, 9.17) is 22.1 Å². The number of rotatable bonds is 3. The van der Waals surface area contributed by atoms with Crippen molar-refractivity contribution in [2.45, 2.75) is 0 Å². The Hall–Kier alpha value is -1.53. The Kier molecular flexibility index (Phi) is 3.88. The van der Waals surface area contributed by atoms with E-state index < -0.39 is 0 Å². The van der Waals surface area contributed by atoms with E-state index in [2.05, 4.69) is 31.2 Å². The third kappa shape index (κ3) is 3.02. The zero-order valence-electron chi connectivity index (χ0n) is 9.45. The molecule has 0 fully saturated rings. The summed E-state index contributed by atoms with van der Waals surface area (Å²) in [5.41, 5.74) is 5.58. The van der Waals surface area contributed by atoms with E-state index in [0.29, 0.717) is 22.5 Å². The molecule has 0 spiro atoms. The summed E-state index contributed by atoms with van der Waals surface area (Å²) < 4.78 is 6.35. The molecule has 1 heterocycles. The zero-order valence-corrected chi connectivity index (χ0v) is 11.8. The SMILES string of the molecule is CNc1cc(Oc2ccc(Cl)cc2Br)nc(N)n1. The Morgan fingerprint density at radius 2 is 2.11 bits per heavy atom. The van der Waals surface area contributed by atoms with Gasteiger partial charge in [-0.15, -0.1) is 0 Å². The molecule has 0 saturated heterocycles. The lowest BCUT2D eigenvalue weighted by Crippen LogP contribution is -2.01. The van der Waals surface area contributed by atoms with Crippen molar-refractivity contribution in [3.05, 3.63) is 33.8 Å². The van der Waals surface area contributed by atoms with Gasteiger partial charge in [0, 0.05) is 18.1 Å². The monoisotopic (exact) mass is 328 g/mol. The van der Waals surface area contributed by atoms with Gasteiger partial charge in [0.15, 0.2) is 0 Å². The van der Waals surface area contributed by atoms with Crippen LogP contribution in [0.15, 0.2) is 28.7 Å². The first kappa shape index (κ1) is 12.9. The average Bonchev–Trinajstić information content (AvgIpc) is 2.32. The molecule has 7 heteroatoms. The highest BCUT2D eigenvalue weighted by Crippen LogP contribution is 2.31. The first-order valence-corrected chi connectivity index (χ1v) is 6.21. The summed E-state index contributed by atoms with van der Waals surface area (Å²) in [7, 11) is 1.74. The largest absolute Gasteiger partial charge is 0.438 e.